The lowest BCUT2D eigenvalue weighted by atomic mass is 10.1. The van der Waals surface area contributed by atoms with Crippen LogP contribution in [0.5, 0.6) is 5.75 Å². The van der Waals surface area contributed by atoms with Gasteiger partial charge in [-0.05, 0) is 70.4 Å². The molecule has 4 aromatic rings. The quantitative estimate of drug-likeness (QED) is 0.495. The molecule has 0 radical (unpaired) electrons. The lowest BCUT2D eigenvalue weighted by Gasteiger charge is -2.10. The molecule has 0 saturated heterocycles. The summed E-state index contributed by atoms with van der Waals surface area (Å²) in [6.45, 7) is 2.11. The Kier molecular flexibility index (Phi) is 4.94. The molecule has 4 rings (SSSR count). The van der Waals surface area contributed by atoms with Crippen LogP contribution in [0.15, 0.2) is 70.1 Å². The third-order valence-corrected chi connectivity index (χ3v) is 5.06. The van der Waals surface area contributed by atoms with Crippen molar-refractivity contribution < 1.29 is 9.90 Å². The van der Waals surface area contributed by atoms with Gasteiger partial charge >= 0.3 is 5.69 Å². The summed E-state index contributed by atoms with van der Waals surface area (Å²) in [6, 6.07) is 15.9. The van der Waals surface area contributed by atoms with Gasteiger partial charge in [-0.2, -0.15) is 0 Å². The number of aryl methyl sites for hydroxylation is 1. The van der Waals surface area contributed by atoms with Crippen LogP contribution in [0.3, 0.4) is 0 Å². The van der Waals surface area contributed by atoms with Crippen LogP contribution in [-0.4, -0.2) is 25.2 Å². The highest BCUT2D eigenvalue weighted by Gasteiger charge is 2.15. The van der Waals surface area contributed by atoms with Crippen molar-refractivity contribution in [3.8, 4) is 5.75 Å². The van der Waals surface area contributed by atoms with Gasteiger partial charge in [-0.25, -0.2) is 9.48 Å². The Morgan fingerprint density at radius 2 is 2.00 bits per heavy atom. The number of aromatic nitrogens is 3. The van der Waals surface area contributed by atoms with Gasteiger partial charge < -0.3 is 10.4 Å². The number of phenolic OH excluding ortho intramolecular Hbond substituents is 1. The number of carbonyl (C=O) groups excluding carboxylic acids is 1. The largest absolute Gasteiger partial charge is 0.506 e. The summed E-state index contributed by atoms with van der Waals surface area (Å²) < 4.78 is 3.31. The van der Waals surface area contributed by atoms with Gasteiger partial charge in [0.15, 0.2) is 5.65 Å². The fourth-order valence-corrected chi connectivity index (χ4v) is 3.67. The Labute approximate surface area is 174 Å². The maximum atomic E-state index is 12.6. The Morgan fingerprint density at radius 3 is 2.79 bits per heavy atom. The second-order valence-electron chi connectivity index (χ2n) is 6.67. The van der Waals surface area contributed by atoms with E-state index in [1.54, 1.807) is 48.7 Å². The smallest absolute Gasteiger partial charge is 0.350 e. The third kappa shape index (κ3) is 3.79. The first-order valence-corrected chi connectivity index (χ1v) is 9.65. The van der Waals surface area contributed by atoms with E-state index in [0.29, 0.717) is 15.8 Å². The summed E-state index contributed by atoms with van der Waals surface area (Å²) in [5, 5.41) is 17.3. The molecule has 2 aromatic heterocycles. The number of pyridine rings is 1. The maximum absolute atomic E-state index is 12.6. The lowest BCUT2D eigenvalue weighted by molar-refractivity contribution is 0.102. The molecular formula is C21H17BrN4O3. The predicted octanol–water partition coefficient (Wildman–Crippen LogP) is 3.57. The first kappa shape index (κ1) is 18.9. The molecule has 2 heterocycles. The average Bonchev–Trinajstić information content (AvgIpc) is 3.00. The molecule has 0 bridgehead atoms. The Morgan fingerprint density at radius 1 is 1.17 bits per heavy atom. The standard InChI is InChI=1S/C21H17BrN4O3/c1-13-9-16(19(27)17(22)10-13)20(28)23-15-6-4-5-14(11-15)12-26-21(29)25-8-3-2-7-18(25)24-26/h2-11,27H,12H2,1H3,(H,23,28). The monoisotopic (exact) mass is 452 g/mol. The topological polar surface area (TPSA) is 88.6 Å². The number of halogens is 1. The van der Waals surface area contributed by atoms with Crippen molar-refractivity contribution >= 4 is 33.2 Å². The lowest BCUT2D eigenvalue weighted by Crippen LogP contribution is -2.21. The highest BCUT2D eigenvalue weighted by Crippen LogP contribution is 2.30. The zero-order valence-electron chi connectivity index (χ0n) is 15.5. The van der Waals surface area contributed by atoms with E-state index >= 15 is 0 Å². The number of benzene rings is 2. The average molecular weight is 453 g/mol. The van der Waals surface area contributed by atoms with E-state index in [-0.39, 0.29) is 23.5 Å². The fourth-order valence-electron chi connectivity index (χ4n) is 3.10. The van der Waals surface area contributed by atoms with E-state index in [1.165, 1.54) is 9.08 Å². The minimum atomic E-state index is -0.422. The normalized spacial score (nSPS) is 11.0. The summed E-state index contributed by atoms with van der Waals surface area (Å²) in [7, 11) is 0. The van der Waals surface area contributed by atoms with Crippen molar-refractivity contribution in [2.24, 2.45) is 0 Å². The van der Waals surface area contributed by atoms with Gasteiger partial charge in [-0.1, -0.05) is 18.2 Å². The Hall–Kier alpha value is -3.39. The van der Waals surface area contributed by atoms with Crippen molar-refractivity contribution in [3.63, 3.8) is 0 Å². The van der Waals surface area contributed by atoms with Crippen LogP contribution in [0, 0.1) is 6.92 Å². The van der Waals surface area contributed by atoms with Crippen molar-refractivity contribution in [1.29, 1.82) is 0 Å². The second-order valence-corrected chi connectivity index (χ2v) is 7.52. The highest BCUT2D eigenvalue weighted by atomic mass is 79.9. The summed E-state index contributed by atoms with van der Waals surface area (Å²) >= 11 is 3.25. The maximum Gasteiger partial charge on any atom is 0.350 e. The molecule has 0 spiro atoms. The first-order valence-electron chi connectivity index (χ1n) is 8.86. The SMILES string of the molecule is Cc1cc(Br)c(O)c(C(=O)Nc2cccc(Cn3nc4ccccn4c3=O)c2)c1. The molecule has 1 amide bonds. The second kappa shape index (κ2) is 7.56. The van der Waals surface area contributed by atoms with E-state index < -0.39 is 5.91 Å². The van der Waals surface area contributed by atoms with Gasteiger partial charge in [0.2, 0.25) is 0 Å². The zero-order chi connectivity index (χ0) is 20.5. The van der Waals surface area contributed by atoms with Gasteiger partial charge in [0.1, 0.15) is 5.75 Å². The van der Waals surface area contributed by atoms with Crippen molar-refractivity contribution in [3.05, 3.63) is 92.4 Å². The van der Waals surface area contributed by atoms with Crippen LogP contribution in [-0.2, 0) is 6.54 Å². The van der Waals surface area contributed by atoms with E-state index in [2.05, 4.69) is 26.3 Å². The van der Waals surface area contributed by atoms with Crippen LogP contribution in [0.2, 0.25) is 0 Å². The molecule has 8 heteroatoms. The number of rotatable bonds is 4. The Bertz CT molecular complexity index is 1290. The number of nitrogens with one attached hydrogen (secondary N) is 1. The minimum absolute atomic E-state index is 0.111. The molecule has 0 fully saturated rings. The van der Waals surface area contributed by atoms with Crippen molar-refractivity contribution in [2.45, 2.75) is 13.5 Å². The van der Waals surface area contributed by atoms with E-state index in [9.17, 15) is 14.7 Å². The molecule has 0 aliphatic rings. The molecule has 0 aliphatic heterocycles. The molecule has 0 unspecified atom stereocenters. The molecule has 0 atom stereocenters. The van der Waals surface area contributed by atoms with E-state index in [0.717, 1.165) is 11.1 Å². The predicted molar refractivity (Wildman–Crippen MR) is 113 cm³/mol. The van der Waals surface area contributed by atoms with Crippen LogP contribution in [0.4, 0.5) is 5.69 Å². The number of hydrogen-bond donors (Lipinski definition) is 2. The molecule has 7 nitrogen and oxygen atoms in total. The van der Waals surface area contributed by atoms with Crippen LogP contribution in [0.25, 0.3) is 5.65 Å². The molecule has 0 saturated carbocycles. The zero-order valence-corrected chi connectivity index (χ0v) is 17.0. The number of amides is 1. The summed E-state index contributed by atoms with van der Waals surface area (Å²) in [4.78, 5) is 25.1. The number of hydrogen-bond acceptors (Lipinski definition) is 4. The minimum Gasteiger partial charge on any atom is -0.506 e. The molecular weight excluding hydrogens is 436 g/mol. The number of aromatic hydroxyl groups is 1. The van der Waals surface area contributed by atoms with Gasteiger partial charge in [-0.3, -0.25) is 9.20 Å². The summed E-state index contributed by atoms with van der Waals surface area (Å²) in [5.74, 6) is -0.533. The molecule has 2 N–H and O–H groups in total. The number of fused-ring (bicyclic) bond motifs is 1. The number of nitrogens with zero attached hydrogens (tertiary/aromatic N) is 3. The number of phenols is 1. The van der Waals surface area contributed by atoms with Gasteiger partial charge in [0.25, 0.3) is 5.91 Å². The fraction of sp³-hybridized carbons (Fsp3) is 0.0952. The summed E-state index contributed by atoms with van der Waals surface area (Å²) in [6.07, 6.45) is 1.67. The molecule has 0 aliphatic carbocycles. The highest BCUT2D eigenvalue weighted by molar-refractivity contribution is 9.10. The van der Waals surface area contributed by atoms with Gasteiger partial charge in [0, 0.05) is 11.9 Å². The third-order valence-electron chi connectivity index (χ3n) is 4.46. The van der Waals surface area contributed by atoms with Crippen LogP contribution < -0.4 is 11.0 Å². The molecule has 2 aromatic carbocycles. The summed E-state index contributed by atoms with van der Waals surface area (Å²) in [5.41, 5.74) is 2.73. The molecule has 29 heavy (non-hydrogen) atoms. The van der Waals surface area contributed by atoms with Gasteiger partial charge in [-0.15, -0.1) is 5.10 Å². The van der Waals surface area contributed by atoms with Crippen molar-refractivity contribution in [2.75, 3.05) is 5.32 Å². The van der Waals surface area contributed by atoms with E-state index in [4.69, 9.17) is 0 Å². The molecule has 146 valence electrons. The first-order chi connectivity index (χ1) is 13.9. The van der Waals surface area contributed by atoms with Crippen LogP contribution in [0.1, 0.15) is 21.5 Å². The number of carbonyl (C=O) groups is 1. The van der Waals surface area contributed by atoms with E-state index in [1.807, 2.05) is 19.1 Å². The Balaban J connectivity index is 1.58. The van der Waals surface area contributed by atoms with Gasteiger partial charge in [0.05, 0.1) is 16.6 Å². The van der Waals surface area contributed by atoms with Crippen LogP contribution >= 0.6 is 15.9 Å². The van der Waals surface area contributed by atoms with Crippen molar-refractivity contribution in [1.82, 2.24) is 14.2 Å². The number of anilines is 1.